The molecule has 4 aromatic rings. The molecule has 0 spiro atoms. The smallest absolute Gasteiger partial charge is 0.216 e. The number of H-pyrrole nitrogens is 1. The summed E-state index contributed by atoms with van der Waals surface area (Å²) in [5.41, 5.74) is 2.62. The molecular formula is C23H19ClN4O2S. The molecule has 0 amide bonds. The van der Waals surface area contributed by atoms with Crippen molar-refractivity contribution >= 4 is 30.0 Å². The third-order valence-corrected chi connectivity index (χ3v) is 5.11. The second kappa shape index (κ2) is 9.59. The van der Waals surface area contributed by atoms with Gasteiger partial charge >= 0.3 is 0 Å². The number of benzene rings is 3. The number of halogens is 1. The molecule has 31 heavy (non-hydrogen) atoms. The Kier molecular flexibility index (Phi) is 6.45. The summed E-state index contributed by atoms with van der Waals surface area (Å²) in [5, 5.41) is 12.1. The van der Waals surface area contributed by atoms with Crippen molar-refractivity contribution in [1.82, 2.24) is 14.9 Å². The third-order valence-electron chi connectivity index (χ3n) is 4.51. The van der Waals surface area contributed by atoms with E-state index in [0.29, 0.717) is 33.7 Å². The molecule has 0 fully saturated rings. The zero-order valence-corrected chi connectivity index (χ0v) is 18.2. The van der Waals surface area contributed by atoms with E-state index in [1.54, 1.807) is 19.4 Å². The lowest BCUT2D eigenvalue weighted by Gasteiger charge is -2.11. The maximum atomic E-state index is 6.31. The van der Waals surface area contributed by atoms with Crippen molar-refractivity contribution in [3.05, 3.63) is 93.7 Å². The molecule has 3 aromatic carbocycles. The van der Waals surface area contributed by atoms with Gasteiger partial charge in [-0.2, -0.15) is 14.9 Å². The standard InChI is InChI=1S/C23H19ClN4O2S/c1-29-20-12-11-17(13-21(20)30-15-16-7-3-2-4-8-16)14-25-28-22(26-27-23(28)31)18-9-5-6-10-19(18)24/h2-14H,15H2,1H3,(H,27,31). The quantitative estimate of drug-likeness (QED) is 0.288. The van der Waals surface area contributed by atoms with Gasteiger partial charge in [0.2, 0.25) is 4.77 Å². The maximum absolute atomic E-state index is 6.31. The normalized spacial score (nSPS) is 11.0. The number of hydrogen-bond donors (Lipinski definition) is 1. The van der Waals surface area contributed by atoms with Gasteiger partial charge in [-0.05, 0) is 53.7 Å². The number of rotatable bonds is 7. The monoisotopic (exact) mass is 450 g/mol. The van der Waals surface area contributed by atoms with Crippen molar-refractivity contribution in [2.75, 3.05) is 7.11 Å². The molecule has 1 heterocycles. The molecule has 0 aliphatic carbocycles. The van der Waals surface area contributed by atoms with Gasteiger partial charge in [0.1, 0.15) is 6.61 Å². The van der Waals surface area contributed by atoms with Gasteiger partial charge in [-0.25, -0.2) is 5.10 Å². The topological polar surface area (TPSA) is 64.4 Å². The maximum Gasteiger partial charge on any atom is 0.216 e. The van der Waals surface area contributed by atoms with Crippen LogP contribution in [0, 0.1) is 4.77 Å². The van der Waals surface area contributed by atoms with E-state index in [1.807, 2.05) is 66.7 Å². The SMILES string of the molecule is COc1ccc(C=Nn2c(-c3ccccc3Cl)n[nH]c2=S)cc1OCc1ccccc1. The van der Waals surface area contributed by atoms with Crippen LogP contribution in [0.2, 0.25) is 5.02 Å². The Morgan fingerprint density at radius 2 is 1.84 bits per heavy atom. The number of aromatic nitrogens is 3. The highest BCUT2D eigenvalue weighted by Gasteiger charge is 2.11. The lowest BCUT2D eigenvalue weighted by Crippen LogP contribution is -1.99. The number of hydrogen-bond acceptors (Lipinski definition) is 5. The largest absolute Gasteiger partial charge is 0.493 e. The van der Waals surface area contributed by atoms with Crippen molar-refractivity contribution in [1.29, 1.82) is 0 Å². The van der Waals surface area contributed by atoms with E-state index >= 15 is 0 Å². The Morgan fingerprint density at radius 3 is 2.61 bits per heavy atom. The van der Waals surface area contributed by atoms with E-state index in [2.05, 4.69) is 15.3 Å². The second-order valence-corrected chi connectivity index (χ2v) is 7.37. The van der Waals surface area contributed by atoms with Gasteiger partial charge in [0.25, 0.3) is 0 Å². The zero-order chi connectivity index (χ0) is 21.6. The Hall–Kier alpha value is -3.42. The van der Waals surface area contributed by atoms with E-state index in [-0.39, 0.29) is 0 Å². The highest BCUT2D eigenvalue weighted by atomic mass is 35.5. The number of ether oxygens (including phenoxy) is 2. The van der Waals surface area contributed by atoms with E-state index < -0.39 is 0 Å². The summed E-state index contributed by atoms with van der Waals surface area (Å²) in [7, 11) is 1.61. The highest BCUT2D eigenvalue weighted by Crippen LogP contribution is 2.29. The Morgan fingerprint density at radius 1 is 1.06 bits per heavy atom. The summed E-state index contributed by atoms with van der Waals surface area (Å²) < 4.78 is 13.3. The first kappa shape index (κ1) is 20.8. The van der Waals surface area contributed by atoms with E-state index in [0.717, 1.165) is 16.7 Å². The summed E-state index contributed by atoms with van der Waals surface area (Å²) in [6.07, 6.45) is 1.68. The molecular weight excluding hydrogens is 432 g/mol. The molecule has 0 atom stereocenters. The summed E-state index contributed by atoms with van der Waals surface area (Å²) >= 11 is 11.6. The van der Waals surface area contributed by atoms with Gasteiger partial charge in [0.05, 0.1) is 18.3 Å². The van der Waals surface area contributed by atoms with Crippen LogP contribution in [0.5, 0.6) is 11.5 Å². The highest BCUT2D eigenvalue weighted by molar-refractivity contribution is 7.71. The predicted molar refractivity (Wildman–Crippen MR) is 125 cm³/mol. The van der Waals surface area contributed by atoms with Crippen LogP contribution in [0.25, 0.3) is 11.4 Å². The fraction of sp³-hybridized carbons (Fsp3) is 0.0870. The van der Waals surface area contributed by atoms with E-state index in [1.165, 1.54) is 4.68 Å². The van der Waals surface area contributed by atoms with Crippen LogP contribution in [0.4, 0.5) is 0 Å². The molecule has 0 unspecified atom stereocenters. The Balaban J connectivity index is 1.61. The molecule has 1 aromatic heterocycles. The predicted octanol–water partition coefficient (Wildman–Crippen LogP) is 5.73. The summed E-state index contributed by atoms with van der Waals surface area (Å²) in [6, 6.07) is 22.9. The van der Waals surface area contributed by atoms with Crippen LogP contribution in [0.1, 0.15) is 11.1 Å². The average Bonchev–Trinajstić information content (AvgIpc) is 3.17. The molecule has 0 saturated carbocycles. The lowest BCUT2D eigenvalue weighted by molar-refractivity contribution is 0.284. The first-order chi connectivity index (χ1) is 15.2. The van der Waals surface area contributed by atoms with Crippen molar-refractivity contribution in [2.45, 2.75) is 6.61 Å². The molecule has 8 heteroatoms. The Bertz CT molecular complexity index is 1270. The van der Waals surface area contributed by atoms with Crippen LogP contribution in [0.3, 0.4) is 0 Å². The van der Waals surface area contributed by atoms with Gasteiger partial charge in [-0.1, -0.05) is 54.1 Å². The molecule has 6 nitrogen and oxygen atoms in total. The van der Waals surface area contributed by atoms with Crippen LogP contribution >= 0.6 is 23.8 Å². The summed E-state index contributed by atoms with van der Waals surface area (Å²) in [5.74, 6) is 1.79. The van der Waals surface area contributed by atoms with Gasteiger partial charge in [0, 0.05) is 5.56 Å². The van der Waals surface area contributed by atoms with E-state index in [9.17, 15) is 0 Å². The van der Waals surface area contributed by atoms with Crippen molar-refractivity contribution in [3.63, 3.8) is 0 Å². The van der Waals surface area contributed by atoms with Gasteiger partial charge < -0.3 is 9.47 Å². The van der Waals surface area contributed by atoms with Gasteiger partial charge in [-0.3, -0.25) is 0 Å². The number of methoxy groups -OCH3 is 1. The minimum atomic E-state index is 0.361. The minimum Gasteiger partial charge on any atom is -0.493 e. The number of aromatic amines is 1. The molecule has 0 aliphatic heterocycles. The van der Waals surface area contributed by atoms with E-state index in [4.69, 9.17) is 33.3 Å². The molecule has 0 radical (unpaired) electrons. The average molecular weight is 451 g/mol. The molecule has 0 aliphatic rings. The fourth-order valence-corrected chi connectivity index (χ4v) is 3.36. The van der Waals surface area contributed by atoms with Crippen LogP contribution in [-0.4, -0.2) is 28.2 Å². The lowest BCUT2D eigenvalue weighted by atomic mass is 10.2. The third kappa shape index (κ3) is 4.84. The first-order valence-corrected chi connectivity index (χ1v) is 10.3. The van der Waals surface area contributed by atoms with Crippen LogP contribution < -0.4 is 9.47 Å². The van der Waals surface area contributed by atoms with Crippen LogP contribution in [-0.2, 0) is 6.61 Å². The van der Waals surface area contributed by atoms with Gasteiger partial charge in [-0.15, -0.1) is 0 Å². The number of nitrogens with one attached hydrogen (secondary N) is 1. The molecule has 0 bridgehead atoms. The molecule has 4 rings (SSSR count). The summed E-state index contributed by atoms with van der Waals surface area (Å²) in [4.78, 5) is 0. The van der Waals surface area contributed by atoms with Crippen LogP contribution in [0.15, 0.2) is 77.9 Å². The van der Waals surface area contributed by atoms with Gasteiger partial charge in [0.15, 0.2) is 17.3 Å². The first-order valence-electron chi connectivity index (χ1n) is 9.47. The minimum absolute atomic E-state index is 0.361. The second-order valence-electron chi connectivity index (χ2n) is 6.57. The molecule has 1 N–H and O–H groups in total. The molecule has 156 valence electrons. The van der Waals surface area contributed by atoms with Crippen molar-refractivity contribution in [2.24, 2.45) is 5.10 Å². The fourth-order valence-electron chi connectivity index (χ4n) is 2.96. The zero-order valence-electron chi connectivity index (χ0n) is 16.7. The number of nitrogens with zero attached hydrogens (tertiary/aromatic N) is 3. The molecule has 0 saturated heterocycles. The van der Waals surface area contributed by atoms with Crippen molar-refractivity contribution in [3.8, 4) is 22.9 Å². The summed E-state index contributed by atoms with van der Waals surface area (Å²) in [6.45, 7) is 0.432. The van der Waals surface area contributed by atoms with Crippen molar-refractivity contribution < 1.29 is 9.47 Å². The Labute approximate surface area is 189 Å².